The topological polar surface area (TPSA) is 56.5 Å². The van der Waals surface area contributed by atoms with E-state index < -0.39 is 5.97 Å². The van der Waals surface area contributed by atoms with Crippen LogP contribution < -0.4 is 5.43 Å². The number of carbonyl (C=O) groups is 1. The summed E-state index contributed by atoms with van der Waals surface area (Å²) in [5.41, 5.74) is -0.464. The number of rotatable bonds is 1. The van der Waals surface area contributed by atoms with Crippen LogP contribution in [0.3, 0.4) is 0 Å². The van der Waals surface area contributed by atoms with E-state index in [0.717, 1.165) is 6.26 Å². The second-order valence-electron chi connectivity index (χ2n) is 2.26. The highest BCUT2D eigenvalue weighted by molar-refractivity contribution is 5.88. The van der Waals surface area contributed by atoms with E-state index >= 15 is 0 Å². The zero-order valence-electron chi connectivity index (χ0n) is 6.79. The lowest BCUT2D eigenvalue weighted by Gasteiger charge is -1.96. The molecule has 0 spiro atoms. The molecule has 12 heavy (non-hydrogen) atoms. The van der Waals surface area contributed by atoms with Crippen LogP contribution in [0.15, 0.2) is 21.5 Å². The fraction of sp³-hybridized carbons (Fsp3) is 0.250. The summed E-state index contributed by atoms with van der Waals surface area (Å²) in [6.45, 7) is 1.63. The minimum absolute atomic E-state index is 0.0805. The van der Waals surface area contributed by atoms with E-state index in [-0.39, 0.29) is 11.0 Å². The molecule has 0 saturated heterocycles. The van der Waals surface area contributed by atoms with Gasteiger partial charge in [-0.1, -0.05) is 0 Å². The first-order valence-electron chi connectivity index (χ1n) is 3.33. The van der Waals surface area contributed by atoms with Crippen LogP contribution in [0.25, 0.3) is 0 Å². The van der Waals surface area contributed by atoms with Gasteiger partial charge in [0, 0.05) is 6.07 Å². The number of hydrogen-bond acceptors (Lipinski definition) is 4. The van der Waals surface area contributed by atoms with Crippen LogP contribution in [0.4, 0.5) is 0 Å². The van der Waals surface area contributed by atoms with E-state index in [0.29, 0.717) is 5.76 Å². The maximum absolute atomic E-state index is 11.1. The zero-order valence-corrected chi connectivity index (χ0v) is 6.79. The second kappa shape index (κ2) is 3.21. The first kappa shape index (κ1) is 8.52. The Morgan fingerprint density at radius 1 is 1.58 bits per heavy atom. The lowest BCUT2D eigenvalue weighted by atomic mass is 10.3. The van der Waals surface area contributed by atoms with Crippen molar-refractivity contribution in [1.29, 1.82) is 0 Å². The number of methoxy groups -OCH3 is 1. The number of aryl methyl sites for hydroxylation is 1. The molecular formula is C8H8O4. The van der Waals surface area contributed by atoms with Gasteiger partial charge in [-0.25, -0.2) is 4.79 Å². The molecule has 1 aromatic heterocycles. The number of esters is 1. The predicted molar refractivity (Wildman–Crippen MR) is 41.1 cm³/mol. The normalized spacial score (nSPS) is 9.50. The molecule has 4 nitrogen and oxygen atoms in total. The van der Waals surface area contributed by atoms with Crippen molar-refractivity contribution in [1.82, 2.24) is 0 Å². The van der Waals surface area contributed by atoms with Gasteiger partial charge in [-0.15, -0.1) is 0 Å². The van der Waals surface area contributed by atoms with Crippen molar-refractivity contribution in [2.24, 2.45) is 0 Å². The fourth-order valence-corrected chi connectivity index (χ4v) is 0.765. The molecule has 0 fully saturated rings. The van der Waals surface area contributed by atoms with Crippen molar-refractivity contribution < 1.29 is 13.9 Å². The van der Waals surface area contributed by atoms with E-state index in [1.807, 2.05) is 0 Å². The van der Waals surface area contributed by atoms with Crippen molar-refractivity contribution in [2.75, 3.05) is 7.11 Å². The smallest absolute Gasteiger partial charge is 0.345 e. The summed E-state index contributed by atoms with van der Waals surface area (Å²) in [5, 5.41) is 0. The first-order chi connectivity index (χ1) is 5.65. The molecule has 0 radical (unpaired) electrons. The summed E-state index contributed by atoms with van der Waals surface area (Å²) in [4.78, 5) is 21.9. The van der Waals surface area contributed by atoms with Gasteiger partial charge in [-0.05, 0) is 6.92 Å². The summed E-state index contributed by atoms with van der Waals surface area (Å²) >= 11 is 0. The van der Waals surface area contributed by atoms with Gasteiger partial charge in [-0.3, -0.25) is 4.79 Å². The molecule has 1 rings (SSSR count). The minimum Gasteiger partial charge on any atom is -0.468 e. The van der Waals surface area contributed by atoms with Gasteiger partial charge in [0.2, 0.25) is 0 Å². The van der Waals surface area contributed by atoms with Crippen molar-refractivity contribution in [3.63, 3.8) is 0 Å². The highest BCUT2D eigenvalue weighted by Gasteiger charge is 2.10. The zero-order chi connectivity index (χ0) is 9.14. The molecule has 0 aromatic carbocycles. The fourth-order valence-electron chi connectivity index (χ4n) is 0.765. The third-order valence-electron chi connectivity index (χ3n) is 1.37. The van der Waals surface area contributed by atoms with E-state index in [2.05, 4.69) is 4.74 Å². The van der Waals surface area contributed by atoms with Crippen LogP contribution >= 0.6 is 0 Å². The van der Waals surface area contributed by atoms with Gasteiger partial charge in [0.05, 0.1) is 7.11 Å². The van der Waals surface area contributed by atoms with E-state index in [1.165, 1.54) is 13.2 Å². The monoisotopic (exact) mass is 168 g/mol. The Balaban J connectivity index is 3.19. The van der Waals surface area contributed by atoms with Crippen LogP contribution in [-0.4, -0.2) is 13.1 Å². The highest BCUT2D eigenvalue weighted by Crippen LogP contribution is 1.97. The average Bonchev–Trinajstić information content (AvgIpc) is 2.03. The molecule has 0 unspecified atom stereocenters. The number of ether oxygens (including phenoxy) is 1. The summed E-state index contributed by atoms with van der Waals surface area (Å²) in [6.07, 6.45) is 1.10. The lowest BCUT2D eigenvalue weighted by molar-refractivity contribution is 0.0596. The average molecular weight is 168 g/mol. The molecule has 1 aromatic rings. The molecule has 0 atom stereocenters. The Kier molecular flexibility index (Phi) is 2.28. The van der Waals surface area contributed by atoms with Crippen LogP contribution in [0, 0.1) is 6.92 Å². The van der Waals surface area contributed by atoms with Gasteiger partial charge < -0.3 is 9.15 Å². The molecule has 0 aliphatic heterocycles. The third-order valence-corrected chi connectivity index (χ3v) is 1.37. The standard InChI is InChI=1S/C8H8O4/c1-5-3-7(9)6(4-12-5)8(10)11-2/h3-4H,1-2H3. The number of hydrogen-bond donors (Lipinski definition) is 0. The molecule has 0 aliphatic carbocycles. The van der Waals surface area contributed by atoms with Crippen LogP contribution in [0.1, 0.15) is 16.1 Å². The van der Waals surface area contributed by atoms with Gasteiger partial charge in [0.15, 0.2) is 5.43 Å². The highest BCUT2D eigenvalue weighted by atomic mass is 16.5. The van der Waals surface area contributed by atoms with Crippen LogP contribution in [-0.2, 0) is 4.74 Å². The van der Waals surface area contributed by atoms with Crippen molar-refractivity contribution in [3.8, 4) is 0 Å². The van der Waals surface area contributed by atoms with Gasteiger partial charge in [0.1, 0.15) is 17.6 Å². The van der Waals surface area contributed by atoms with Crippen molar-refractivity contribution in [3.05, 3.63) is 33.9 Å². The SMILES string of the molecule is COC(=O)c1coc(C)cc1=O. The maximum atomic E-state index is 11.1. The third kappa shape index (κ3) is 1.53. The lowest BCUT2D eigenvalue weighted by Crippen LogP contribution is -2.14. The minimum atomic E-state index is -0.677. The van der Waals surface area contributed by atoms with Gasteiger partial charge in [0.25, 0.3) is 0 Å². The largest absolute Gasteiger partial charge is 0.468 e. The predicted octanol–water partition coefficient (Wildman–Crippen LogP) is 0.735. The molecule has 4 heteroatoms. The summed E-state index contributed by atoms with van der Waals surface area (Å²) in [7, 11) is 1.21. The molecule has 0 N–H and O–H groups in total. The molecule has 0 amide bonds. The van der Waals surface area contributed by atoms with Crippen LogP contribution in [0.2, 0.25) is 0 Å². The van der Waals surface area contributed by atoms with E-state index in [9.17, 15) is 9.59 Å². The number of carbonyl (C=O) groups excluding carboxylic acids is 1. The van der Waals surface area contributed by atoms with Crippen molar-refractivity contribution in [2.45, 2.75) is 6.92 Å². The molecule has 64 valence electrons. The van der Waals surface area contributed by atoms with Crippen LogP contribution in [0.5, 0.6) is 0 Å². The quantitative estimate of drug-likeness (QED) is 0.580. The second-order valence-corrected chi connectivity index (χ2v) is 2.26. The van der Waals surface area contributed by atoms with E-state index in [1.54, 1.807) is 6.92 Å². The Morgan fingerprint density at radius 3 is 2.75 bits per heavy atom. The molecule has 0 aliphatic rings. The Hall–Kier alpha value is -1.58. The summed E-state index contributed by atoms with van der Waals surface area (Å²) in [5.74, 6) is -0.212. The Morgan fingerprint density at radius 2 is 2.25 bits per heavy atom. The Bertz CT molecular complexity index is 350. The van der Waals surface area contributed by atoms with Gasteiger partial charge >= 0.3 is 5.97 Å². The van der Waals surface area contributed by atoms with Crippen molar-refractivity contribution >= 4 is 5.97 Å². The Labute approximate surface area is 68.8 Å². The van der Waals surface area contributed by atoms with Gasteiger partial charge in [-0.2, -0.15) is 0 Å². The molecular weight excluding hydrogens is 160 g/mol. The maximum Gasteiger partial charge on any atom is 0.345 e. The first-order valence-corrected chi connectivity index (χ1v) is 3.33. The molecule has 1 heterocycles. The summed E-state index contributed by atoms with van der Waals surface area (Å²) in [6, 6.07) is 1.24. The summed E-state index contributed by atoms with van der Waals surface area (Å²) < 4.78 is 9.22. The molecule has 0 bridgehead atoms. The molecule has 0 saturated carbocycles. The van der Waals surface area contributed by atoms with E-state index in [4.69, 9.17) is 4.42 Å².